The Bertz CT molecular complexity index is 805. The lowest BCUT2D eigenvalue weighted by atomic mass is 10.1. The number of rotatable bonds is 3. The summed E-state index contributed by atoms with van der Waals surface area (Å²) in [4.78, 5) is 3.23. The van der Waals surface area contributed by atoms with Crippen LogP contribution in [-0.4, -0.2) is 9.55 Å². The molecule has 5 heteroatoms. The third-order valence-corrected chi connectivity index (χ3v) is 4.27. The van der Waals surface area contributed by atoms with Crippen LogP contribution in [0.5, 0.6) is 0 Å². The molecule has 20 heavy (non-hydrogen) atoms. The molecule has 1 heterocycles. The van der Waals surface area contributed by atoms with Gasteiger partial charge in [0.1, 0.15) is 5.82 Å². The van der Waals surface area contributed by atoms with Crippen molar-refractivity contribution in [3.63, 3.8) is 0 Å². The van der Waals surface area contributed by atoms with Gasteiger partial charge in [-0.25, -0.2) is 4.39 Å². The van der Waals surface area contributed by atoms with E-state index >= 15 is 0 Å². The molecule has 102 valence electrons. The molecular formula is C15H12FIN2S. The summed E-state index contributed by atoms with van der Waals surface area (Å²) in [7, 11) is 0. The summed E-state index contributed by atoms with van der Waals surface area (Å²) in [5.74, 6) is -0.202. The molecule has 0 atom stereocenters. The molecule has 0 saturated heterocycles. The highest BCUT2D eigenvalue weighted by Crippen LogP contribution is 2.18. The molecule has 0 fully saturated rings. The van der Waals surface area contributed by atoms with E-state index in [2.05, 4.69) is 50.3 Å². The predicted octanol–water partition coefficient (Wildman–Crippen LogP) is 4.69. The molecule has 3 rings (SSSR count). The topological polar surface area (TPSA) is 20.7 Å². The van der Waals surface area contributed by atoms with Gasteiger partial charge in [-0.1, -0.05) is 12.1 Å². The monoisotopic (exact) mass is 398 g/mol. The molecule has 0 unspecified atom stereocenters. The van der Waals surface area contributed by atoms with E-state index in [0.29, 0.717) is 0 Å². The van der Waals surface area contributed by atoms with Crippen molar-refractivity contribution in [3.05, 3.63) is 62.2 Å². The molecule has 0 radical (unpaired) electrons. The normalized spacial score (nSPS) is 11.1. The smallest absolute Gasteiger partial charge is 0.178 e. The number of halogens is 2. The highest BCUT2D eigenvalue weighted by Gasteiger charge is 2.05. The first-order chi connectivity index (χ1) is 9.63. The molecule has 2 nitrogen and oxygen atoms in total. The summed E-state index contributed by atoms with van der Waals surface area (Å²) < 4.78 is 16.9. The minimum atomic E-state index is -0.202. The van der Waals surface area contributed by atoms with Crippen LogP contribution in [0.3, 0.4) is 0 Å². The Balaban J connectivity index is 1.89. The maximum atomic E-state index is 12.9. The Morgan fingerprint density at radius 2 is 1.90 bits per heavy atom. The van der Waals surface area contributed by atoms with Crippen LogP contribution in [0, 0.1) is 14.2 Å². The van der Waals surface area contributed by atoms with Crippen LogP contribution < -0.4 is 0 Å². The quantitative estimate of drug-likeness (QED) is 0.502. The first-order valence-electron chi connectivity index (χ1n) is 6.26. The van der Waals surface area contributed by atoms with Crippen molar-refractivity contribution in [2.75, 3.05) is 0 Å². The highest BCUT2D eigenvalue weighted by atomic mass is 127. The van der Waals surface area contributed by atoms with Crippen molar-refractivity contribution < 1.29 is 4.39 Å². The van der Waals surface area contributed by atoms with Crippen molar-refractivity contribution >= 4 is 45.8 Å². The zero-order valence-corrected chi connectivity index (χ0v) is 13.5. The first kappa shape index (κ1) is 13.8. The van der Waals surface area contributed by atoms with E-state index < -0.39 is 0 Å². The maximum Gasteiger partial charge on any atom is 0.178 e. The molecule has 0 aliphatic heterocycles. The van der Waals surface area contributed by atoms with E-state index in [9.17, 15) is 4.39 Å². The molecule has 0 spiro atoms. The van der Waals surface area contributed by atoms with Crippen molar-refractivity contribution in [1.82, 2.24) is 9.55 Å². The van der Waals surface area contributed by atoms with E-state index in [1.807, 2.05) is 12.1 Å². The number of benzene rings is 2. The number of imidazole rings is 1. The van der Waals surface area contributed by atoms with Crippen LogP contribution in [-0.2, 0) is 13.0 Å². The Morgan fingerprint density at radius 3 is 2.65 bits per heavy atom. The number of hydrogen-bond acceptors (Lipinski definition) is 1. The van der Waals surface area contributed by atoms with Crippen LogP contribution in [0.2, 0.25) is 0 Å². The highest BCUT2D eigenvalue weighted by molar-refractivity contribution is 14.1. The first-order valence-corrected chi connectivity index (χ1v) is 7.75. The largest absolute Gasteiger partial charge is 0.331 e. The van der Waals surface area contributed by atoms with Gasteiger partial charge < -0.3 is 9.55 Å². The Kier molecular flexibility index (Phi) is 3.89. The van der Waals surface area contributed by atoms with E-state index in [1.54, 1.807) is 0 Å². The summed E-state index contributed by atoms with van der Waals surface area (Å²) in [6, 6.07) is 12.8. The number of nitrogens with zero attached hydrogens (tertiary/aromatic N) is 1. The van der Waals surface area contributed by atoms with Gasteiger partial charge in [0, 0.05) is 10.1 Å². The minimum Gasteiger partial charge on any atom is -0.331 e. The predicted molar refractivity (Wildman–Crippen MR) is 89.9 cm³/mol. The zero-order chi connectivity index (χ0) is 14.1. The summed E-state index contributed by atoms with van der Waals surface area (Å²) >= 11 is 7.66. The van der Waals surface area contributed by atoms with Gasteiger partial charge in [-0.15, -0.1) is 0 Å². The number of aryl methyl sites for hydroxylation is 2. The summed E-state index contributed by atoms with van der Waals surface area (Å²) in [5.41, 5.74) is 3.27. The average Bonchev–Trinajstić information content (AvgIpc) is 2.73. The van der Waals surface area contributed by atoms with Crippen LogP contribution in [0.25, 0.3) is 11.0 Å². The molecule has 1 aromatic heterocycles. The molecule has 0 aliphatic rings. The van der Waals surface area contributed by atoms with Crippen molar-refractivity contribution in [2.24, 2.45) is 0 Å². The molecule has 2 aromatic carbocycles. The lowest BCUT2D eigenvalue weighted by molar-refractivity contribution is 0.625. The van der Waals surface area contributed by atoms with Crippen LogP contribution in [0.4, 0.5) is 4.39 Å². The SMILES string of the molecule is Fc1ccc(CCn2c(=S)[nH]c3cc(I)ccc32)cc1. The van der Waals surface area contributed by atoms with E-state index in [1.165, 1.54) is 15.7 Å². The summed E-state index contributed by atoms with van der Waals surface area (Å²) in [6.07, 6.45) is 0.827. The number of fused-ring (bicyclic) bond motifs is 1. The van der Waals surface area contributed by atoms with Crippen LogP contribution >= 0.6 is 34.8 Å². The Morgan fingerprint density at radius 1 is 1.15 bits per heavy atom. The molecule has 3 aromatic rings. The van der Waals surface area contributed by atoms with Crippen LogP contribution in [0.1, 0.15) is 5.56 Å². The summed E-state index contributed by atoms with van der Waals surface area (Å²) in [5, 5.41) is 0. The number of H-pyrrole nitrogens is 1. The maximum absolute atomic E-state index is 12.9. The van der Waals surface area contributed by atoms with Crippen molar-refractivity contribution in [1.29, 1.82) is 0 Å². The fourth-order valence-corrected chi connectivity index (χ4v) is 3.04. The van der Waals surface area contributed by atoms with Gasteiger partial charge in [-0.05, 0) is 77.1 Å². The second-order valence-electron chi connectivity index (χ2n) is 4.62. The standard InChI is InChI=1S/C15H12FIN2S/c16-11-3-1-10(2-4-11)7-8-19-14-6-5-12(17)9-13(14)18-15(19)20/h1-6,9H,7-8H2,(H,18,20). The van der Waals surface area contributed by atoms with Crippen LogP contribution in [0.15, 0.2) is 42.5 Å². The average molecular weight is 398 g/mol. The Labute approximate surface area is 134 Å². The minimum absolute atomic E-state index is 0.202. The molecule has 0 amide bonds. The molecule has 0 saturated carbocycles. The van der Waals surface area contributed by atoms with Gasteiger partial charge in [0.15, 0.2) is 4.77 Å². The van der Waals surface area contributed by atoms with Gasteiger partial charge in [0.25, 0.3) is 0 Å². The molecular weight excluding hydrogens is 386 g/mol. The van der Waals surface area contributed by atoms with Gasteiger partial charge in [-0.2, -0.15) is 0 Å². The number of nitrogens with one attached hydrogen (secondary N) is 1. The third-order valence-electron chi connectivity index (χ3n) is 3.27. The van der Waals surface area contributed by atoms with E-state index in [-0.39, 0.29) is 5.82 Å². The van der Waals surface area contributed by atoms with Crippen molar-refractivity contribution in [2.45, 2.75) is 13.0 Å². The molecule has 1 N–H and O–H groups in total. The number of hydrogen-bond donors (Lipinski definition) is 1. The third kappa shape index (κ3) is 2.78. The molecule has 0 bridgehead atoms. The second kappa shape index (κ2) is 5.65. The van der Waals surface area contributed by atoms with Gasteiger partial charge in [0.2, 0.25) is 0 Å². The zero-order valence-electron chi connectivity index (χ0n) is 10.6. The fraction of sp³-hybridized carbons (Fsp3) is 0.133. The van der Waals surface area contributed by atoms with Gasteiger partial charge in [-0.3, -0.25) is 0 Å². The second-order valence-corrected chi connectivity index (χ2v) is 6.25. The van der Waals surface area contributed by atoms with E-state index in [4.69, 9.17) is 12.2 Å². The number of aromatic nitrogens is 2. The van der Waals surface area contributed by atoms with E-state index in [0.717, 1.165) is 34.3 Å². The fourth-order valence-electron chi connectivity index (χ4n) is 2.25. The molecule has 0 aliphatic carbocycles. The van der Waals surface area contributed by atoms with Gasteiger partial charge >= 0.3 is 0 Å². The number of aromatic amines is 1. The van der Waals surface area contributed by atoms with Crippen molar-refractivity contribution in [3.8, 4) is 0 Å². The Hall–Kier alpha value is -1.21. The lowest BCUT2D eigenvalue weighted by Gasteiger charge is -2.05. The lowest BCUT2D eigenvalue weighted by Crippen LogP contribution is -2.01. The van der Waals surface area contributed by atoms with Gasteiger partial charge in [0.05, 0.1) is 11.0 Å². The summed E-state index contributed by atoms with van der Waals surface area (Å²) in [6.45, 7) is 0.783.